The average Bonchev–Trinajstić information content (AvgIpc) is 2.62. The number of ether oxygens (including phenoxy) is 1. The molecule has 1 aromatic rings. The Kier molecular flexibility index (Phi) is 4.39. The molecule has 0 radical (unpaired) electrons. The first-order valence-corrected chi connectivity index (χ1v) is 6.12. The van der Waals surface area contributed by atoms with E-state index in [0.717, 1.165) is 0 Å². The maximum atomic E-state index is 12.2. The Morgan fingerprint density at radius 3 is 2.26 bits per heavy atom. The molecule has 1 amide bonds. The molecule has 0 aromatic carbocycles. The quantitative estimate of drug-likeness (QED) is 0.852. The molecule has 0 unspecified atom stereocenters. The number of rotatable bonds is 3. The van der Waals surface area contributed by atoms with Gasteiger partial charge in [0.2, 0.25) is 0 Å². The number of amides is 1. The summed E-state index contributed by atoms with van der Waals surface area (Å²) in [6, 6.07) is 0.946. The van der Waals surface area contributed by atoms with E-state index in [1.807, 2.05) is 20.8 Å². The Morgan fingerprint density at radius 2 is 1.89 bits per heavy atom. The molecule has 0 aliphatic rings. The molecule has 5 nitrogen and oxygen atoms in total. The minimum absolute atomic E-state index is 0.334. The molecule has 0 spiro atoms. The van der Waals surface area contributed by atoms with E-state index in [-0.39, 0.29) is 5.91 Å². The Bertz CT molecular complexity index is 482. The minimum Gasteiger partial charge on any atom is -0.467 e. The lowest BCUT2D eigenvalue weighted by Crippen LogP contribution is -2.49. The van der Waals surface area contributed by atoms with E-state index in [0.29, 0.717) is 17.1 Å². The van der Waals surface area contributed by atoms with Crippen molar-refractivity contribution in [3.05, 3.63) is 23.2 Å². The molecule has 5 heteroatoms. The van der Waals surface area contributed by atoms with Crippen LogP contribution in [0.1, 0.15) is 42.6 Å². The summed E-state index contributed by atoms with van der Waals surface area (Å²) in [5.41, 5.74) is 0.00534. The van der Waals surface area contributed by atoms with Crippen molar-refractivity contribution in [1.29, 1.82) is 0 Å². The van der Waals surface area contributed by atoms with Crippen molar-refractivity contribution in [3.8, 4) is 0 Å². The van der Waals surface area contributed by atoms with Gasteiger partial charge in [0.15, 0.2) is 0 Å². The van der Waals surface area contributed by atoms with Gasteiger partial charge in [0, 0.05) is 0 Å². The Morgan fingerprint density at radius 1 is 1.32 bits per heavy atom. The molecular formula is C14H21NO4. The number of aryl methyl sites for hydroxylation is 2. The molecule has 1 atom stereocenters. The smallest absolute Gasteiger partial charge is 0.328 e. The summed E-state index contributed by atoms with van der Waals surface area (Å²) in [5, 5.41) is 2.70. The van der Waals surface area contributed by atoms with Gasteiger partial charge in [-0.3, -0.25) is 4.79 Å². The fraction of sp³-hybridized carbons (Fsp3) is 0.571. The average molecular weight is 267 g/mol. The van der Waals surface area contributed by atoms with Gasteiger partial charge in [-0.15, -0.1) is 0 Å². The normalized spacial score (nSPS) is 12.9. The summed E-state index contributed by atoms with van der Waals surface area (Å²) in [4.78, 5) is 23.9. The van der Waals surface area contributed by atoms with Crippen LogP contribution in [0.4, 0.5) is 0 Å². The van der Waals surface area contributed by atoms with Gasteiger partial charge in [-0.05, 0) is 25.3 Å². The van der Waals surface area contributed by atoms with Gasteiger partial charge in [-0.2, -0.15) is 0 Å². The van der Waals surface area contributed by atoms with Crippen LogP contribution in [0.2, 0.25) is 0 Å². The number of nitrogens with one attached hydrogen (secondary N) is 1. The molecule has 0 fully saturated rings. The highest BCUT2D eigenvalue weighted by Gasteiger charge is 2.34. The fourth-order valence-electron chi connectivity index (χ4n) is 1.81. The van der Waals surface area contributed by atoms with Gasteiger partial charge in [-0.25, -0.2) is 4.79 Å². The summed E-state index contributed by atoms with van der Waals surface area (Å²) in [6.45, 7) is 9.07. The van der Waals surface area contributed by atoms with Gasteiger partial charge in [0.25, 0.3) is 5.91 Å². The maximum Gasteiger partial charge on any atom is 0.328 e. The lowest BCUT2D eigenvalue weighted by Gasteiger charge is -2.28. The van der Waals surface area contributed by atoms with Gasteiger partial charge < -0.3 is 14.5 Å². The fourth-order valence-corrected chi connectivity index (χ4v) is 1.81. The second kappa shape index (κ2) is 5.47. The summed E-state index contributed by atoms with van der Waals surface area (Å²) in [6.07, 6.45) is 0. The number of hydrogen-bond acceptors (Lipinski definition) is 4. The SMILES string of the molecule is COC(=O)[C@@H](NC(=O)c1cc(C)oc1C)C(C)(C)C. The highest BCUT2D eigenvalue weighted by molar-refractivity contribution is 5.97. The van der Waals surface area contributed by atoms with E-state index in [1.54, 1.807) is 19.9 Å². The van der Waals surface area contributed by atoms with E-state index >= 15 is 0 Å². The van der Waals surface area contributed by atoms with Crippen LogP contribution in [0.5, 0.6) is 0 Å². The van der Waals surface area contributed by atoms with Gasteiger partial charge >= 0.3 is 5.97 Å². The van der Waals surface area contributed by atoms with Crippen LogP contribution in [0.25, 0.3) is 0 Å². The second-order valence-electron chi connectivity index (χ2n) is 5.62. The van der Waals surface area contributed by atoms with Crippen LogP contribution in [-0.2, 0) is 9.53 Å². The topological polar surface area (TPSA) is 68.5 Å². The Balaban J connectivity index is 2.95. The van der Waals surface area contributed by atoms with Crippen molar-refractivity contribution in [3.63, 3.8) is 0 Å². The molecule has 0 aliphatic carbocycles. The summed E-state index contributed by atoms with van der Waals surface area (Å²) in [5.74, 6) is 0.402. The molecule has 19 heavy (non-hydrogen) atoms. The van der Waals surface area contributed by atoms with Crippen LogP contribution < -0.4 is 5.32 Å². The molecule has 1 aromatic heterocycles. The molecule has 0 aliphatic heterocycles. The van der Waals surface area contributed by atoms with Crippen LogP contribution in [0.3, 0.4) is 0 Å². The predicted molar refractivity (Wildman–Crippen MR) is 70.9 cm³/mol. The molecule has 1 rings (SSSR count). The van der Waals surface area contributed by atoms with E-state index in [2.05, 4.69) is 5.32 Å². The van der Waals surface area contributed by atoms with E-state index in [4.69, 9.17) is 9.15 Å². The standard InChI is InChI=1S/C14H21NO4/c1-8-7-10(9(2)19-8)12(16)15-11(13(17)18-6)14(3,4)5/h7,11H,1-6H3,(H,15,16)/t11-/m1/s1. The van der Waals surface area contributed by atoms with Crippen LogP contribution in [0, 0.1) is 19.3 Å². The van der Waals surface area contributed by atoms with Crippen molar-refractivity contribution < 1.29 is 18.7 Å². The number of carbonyl (C=O) groups is 2. The Hall–Kier alpha value is -1.78. The third kappa shape index (κ3) is 3.59. The first kappa shape index (κ1) is 15.3. The predicted octanol–water partition coefficient (Wildman–Crippen LogP) is 2.21. The number of esters is 1. The molecule has 0 bridgehead atoms. The van der Waals surface area contributed by atoms with Crippen molar-refractivity contribution in [2.45, 2.75) is 40.7 Å². The third-order valence-corrected chi connectivity index (χ3v) is 2.86. The van der Waals surface area contributed by atoms with Gasteiger partial charge in [0.1, 0.15) is 17.6 Å². The van der Waals surface area contributed by atoms with E-state index in [1.165, 1.54) is 7.11 Å². The number of methoxy groups -OCH3 is 1. The Labute approximate surface area is 113 Å². The number of carbonyl (C=O) groups excluding carboxylic acids is 2. The lowest BCUT2D eigenvalue weighted by atomic mass is 9.86. The number of hydrogen-bond donors (Lipinski definition) is 1. The zero-order chi connectivity index (χ0) is 14.8. The summed E-state index contributed by atoms with van der Waals surface area (Å²) in [7, 11) is 1.31. The molecule has 0 saturated heterocycles. The van der Waals surface area contributed by atoms with Gasteiger partial charge in [0.05, 0.1) is 12.7 Å². The van der Waals surface area contributed by atoms with Crippen LogP contribution >= 0.6 is 0 Å². The monoisotopic (exact) mass is 267 g/mol. The first-order valence-electron chi connectivity index (χ1n) is 6.12. The zero-order valence-electron chi connectivity index (χ0n) is 12.3. The first-order chi connectivity index (χ1) is 8.66. The number of furan rings is 1. The second-order valence-corrected chi connectivity index (χ2v) is 5.62. The van der Waals surface area contributed by atoms with Gasteiger partial charge in [-0.1, -0.05) is 20.8 Å². The van der Waals surface area contributed by atoms with E-state index < -0.39 is 17.4 Å². The molecule has 106 valence electrons. The summed E-state index contributed by atoms with van der Waals surface area (Å²) < 4.78 is 10.0. The molecular weight excluding hydrogens is 246 g/mol. The largest absolute Gasteiger partial charge is 0.467 e. The summed E-state index contributed by atoms with van der Waals surface area (Å²) >= 11 is 0. The van der Waals surface area contributed by atoms with Crippen LogP contribution in [-0.4, -0.2) is 25.0 Å². The van der Waals surface area contributed by atoms with Crippen molar-refractivity contribution in [1.82, 2.24) is 5.32 Å². The van der Waals surface area contributed by atoms with Crippen molar-refractivity contribution in [2.24, 2.45) is 5.41 Å². The van der Waals surface area contributed by atoms with Crippen LogP contribution in [0.15, 0.2) is 10.5 Å². The minimum atomic E-state index is -0.709. The molecule has 1 N–H and O–H groups in total. The van der Waals surface area contributed by atoms with Crippen molar-refractivity contribution in [2.75, 3.05) is 7.11 Å². The third-order valence-electron chi connectivity index (χ3n) is 2.86. The molecule has 1 heterocycles. The zero-order valence-corrected chi connectivity index (χ0v) is 12.3. The lowest BCUT2D eigenvalue weighted by molar-refractivity contribution is -0.145. The highest BCUT2D eigenvalue weighted by Crippen LogP contribution is 2.21. The maximum absolute atomic E-state index is 12.2. The highest BCUT2D eigenvalue weighted by atomic mass is 16.5. The van der Waals surface area contributed by atoms with Crippen molar-refractivity contribution >= 4 is 11.9 Å². The molecule has 0 saturated carbocycles. The van der Waals surface area contributed by atoms with E-state index in [9.17, 15) is 9.59 Å².